The molecule has 3 N–H and O–H groups in total. The van der Waals surface area contributed by atoms with Crippen LogP contribution >= 0.6 is 0 Å². The molecule has 0 atom stereocenters. The molecule has 2 aromatic rings. The van der Waals surface area contributed by atoms with Crippen molar-refractivity contribution in [2.24, 2.45) is 0 Å². The first-order valence-electron chi connectivity index (χ1n) is 5.95. The quantitative estimate of drug-likeness (QED) is 0.819. The van der Waals surface area contributed by atoms with Gasteiger partial charge in [0.25, 0.3) is 0 Å². The van der Waals surface area contributed by atoms with Crippen molar-refractivity contribution in [3.8, 4) is 0 Å². The third-order valence-electron chi connectivity index (χ3n) is 2.60. The van der Waals surface area contributed by atoms with Crippen molar-refractivity contribution in [2.45, 2.75) is 6.92 Å². The Bertz CT molecular complexity index is 611. The maximum atomic E-state index is 12.2. The highest BCUT2D eigenvalue weighted by atomic mass is 16.2. The van der Waals surface area contributed by atoms with Gasteiger partial charge in [-0.05, 0) is 36.4 Å². The lowest BCUT2D eigenvalue weighted by Gasteiger charge is -2.19. The molecule has 0 aliphatic carbocycles. The fraction of sp³-hybridized carbons (Fsp3) is 0.0714. The Morgan fingerprint density at radius 2 is 1.70 bits per heavy atom. The van der Waals surface area contributed by atoms with Crippen LogP contribution in [0.2, 0.25) is 0 Å². The zero-order valence-electron chi connectivity index (χ0n) is 10.9. The van der Waals surface area contributed by atoms with Crippen LogP contribution in [0.15, 0.2) is 48.8 Å². The maximum absolute atomic E-state index is 12.2. The van der Waals surface area contributed by atoms with E-state index in [0.29, 0.717) is 17.1 Å². The van der Waals surface area contributed by atoms with Crippen LogP contribution < -0.4 is 16.0 Å². The molecule has 6 heteroatoms. The predicted molar refractivity (Wildman–Crippen MR) is 77.3 cm³/mol. The Morgan fingerprint density at radius 3 is 2.25 bits per heavy atom. The lowest BCUT2D eigenvalue weighted by atomic mass is 10.2. The summed E-state index contributed by atoms with van der Waals surface area (Å²) < 4.78 is 0. The number of carbonyl (C=O) groups excluding carboxylic acids is 2. The number of carbonyl (C=O) groups is 2. The fourth-order valence-corrected chi connectivity index (χ4v) is 1.68. The van der Waals surface area contributed by atoms with Gasteiger partial charge in [-0.2, -0.15) is 0 Å². The first-order chi connectivity index (χ1) is 9.58. The van der Waals surface area contributed by atoms with Gasteiger partial charge in [-0.25, -0.2) is 9.69 Å². The molecule has 2 rings (SSSR count). The first-order valence-corrected chi connectivity index (χ1v) is 5.95. The van der Waals surface area contributed by atoms with E-state index in [1.165, 1.54) is 6.92 Å². The third-order valence-corrected chi connectivity index (χ3v) is 2.60. The molecule has 0 aliphatic heterocycles. The zero-order valence-corrected chi connectivity index (χ0v) is 10.9. The van der Waals surface area contributed by atoms with E-state index >= 15 is 0 Å². The molecule has 0 unspecified atom stereocenters. The number of anilines is 3. The standard InChI is InChI=1S/C14H14N4O2/c1-10(19)18(13-4-2-11(15)3-5-13)14(20)17-12-6-8-16-9-7-12/h2-9H,15H2,1H3,(H,16,17,20). The van der Waals surface area contributed by atoms with Gasteiger partial charge in [-0.3, -0.25) is 9.78 Å². The molecule has 3 amide bonds. The molecule has 0 radical (unpaired) electrons. The van der Waals surface area contributed by atoms with Crippen molar-refractivity contribution in [1.82, 2.24) is 4.98 Å². The molecule has 0 spiro atoms. The molecule has 0 aliphatic rings. The monoisotopic (exact) mass is 270 g/mol. The summed E-state index contributed by atoms with van der Waals surface area (Å²) >= 11 is 0. The summed E-state index contributed by atoms with van der Waals surface area (Å²) in [5.74, 6) is -0.388. The number of amides is 3. The summed E-state index contributed by atoms with van der Waals surface area (Å²) in [4.78, 5) is 28.8. The van der Waals surface area contributed by atoms with Crippen LogP contribution in [0.25, 0.3) is 0 Å². The van der Waals surface area contributed by atoms with Gasteiger partial charge in [-0.15, -0.1) is 0 Å². The second-order valence-corrected chi connectivity index (χ2v) is 4.11. The van der Waals surface area contributed by atoms with Crippen molar-refractivity contribution >= 4 is 29.0 Å². The highest BCUT2D eigenvalue weighted by molar-refractivity contribution is 6.17. The summed E-state index contributed by atoms with van der Waals surface area (Å²) in [6.45, 7) is 1.32. The van der Waals surface area contributed by atoms with E-state index < -0.39 is 6.03 Å². The molecule has 0 fully saturated rings. The van der Waals surface area contributed by atoms with E-state index in [2.05, 4.69) is 10.3 Å². The number of benzene rings is 1. The Hall–Kier alpha value is -2.89. The van der Waals surface area contributed by atoms with Gasteiger partial charge in [0.15, 0.2) is 0 Å². The van der Waals surface area contributed by atoms with E-state index in [-0.39, 0.29) is 5.91 Å². The average Bonchev–Trinajstić information content (AvgIpc) is 2.42. The molecular formula is C14H14N4O2. The van der Waals surface area contributed by atoms with Crippen molar-refractivity contribution in [1.29, 1.82) is 0 Å². The number of nitrogens with two attached hydrogens (primary N) is 1. The third kappa shape index (κ3) is 3.11. The lowest BCUT2D eigenvalue weighted by Crippen LogP contribution is -2.38. The van der Waals surface area contributed by atoms with Crippen molar-refractivity contribution in [3.05, 3.63) is 48.8 Å². The van der Waals surface area contributed by atoms with Crippen LogP contribution in [0, 0.1) is 0 Å². The van der Waals surface area contributed by atoms with Crippen molar-refractivity contribution in [2.75, 3.05) is 16.0 Å². The maximum Gasteiger partial charge on any atom is 0.333 e. The van der Waals surface area contributed by atoms with Gasteiger partial charge >= 0.3 is 6.03 Å². The molecule has 1 aromatic carbocycles. The summed E-state index contributed by atoms with van der Waals surface area (Å²) in [5, 5.41) is 2.63. The zero-order chi connectivity index (χ0) is 14.5. The smallest absolute Gasteiger partial charge is 0.333 e. The predicted octanol–water partition coefficient (Wildman–Crippen LogP) is 2.25. The Balaban J connectivity index is 2.23. The van der Waals surface area contributed by atoms with E-state index in [1.807, 2.05) is 0 Å². The number of nitrogen functional groups attached to an aromatic ring is 1. The number of aromatic nitrogens is 1. The SMILES string of the molecule is CC(=O)N(C(=O)Nc1ccncc1)c1ccc(N)cc1. The number of pyridine rings is 1. The Labute approximate surface area is 116 Å². The lowest BCUT2D eigenvalue weighted by molar-refractivity contribution is -0.115. The van der Waals surface area contributed by atoms with Gasteiger partial charge in [0.1, 0.15) is 0 Å². The number of nitrogens with zero attached hydrogens (tertiary/aromatic N) is 2. The second kappa shape index (κ2) is 5.83. The van der Waals surface area contributed by atoms with E-state index in [9.17, 15) is 9.59 Å². The molecular weight excluding hydrogens is 256 g/mol. The van der Waals surface area contributed by atoms with E-state index in [4.69, 9.17) is 5.73 Å². The minimum Gasteiger partial charge on any atom is -0.399 e. The number of rotatable bonds is 2. The highest BCUT2D eigenvalue weighted by Crippen LogP contribution is 2.18. The van der Waals surface area contributed by atoms with Gasteiger partial charge in [0.05, 0.1) is 5.69 Å². The number of hydrogen-bond acceptors (Lipinski definition) is 4. The summed E-state index contributed by atoms with van der Waals surface area (Å²) in [6.07, 6.45) is 3.11. The van der Waals surface area contributed by atoms with Crippen LogP contribution in [0.4, 0.5) is 21.9 Å². The molecule has 1 heterocycles. The molecule has 1 aromatic heterocycles. The second-order valence-electron chi connectivity index (χ2n) is 4.11. The Kier molecular flexibility index (Phi) is 3.95. The van der Waals surface area contributed by atoms with Crippen LogP contribution in [-0.2, 0) is 4.79 Å². The minimum atomic E-state index is -0.534. The van der Waals surface area contributed by atoms with Crippen LogP contribution in [0.3, 0.4) is 0 Å². The van der Waals surface area contributed by atoms with Crippen LogP contribution in [0.1, 0.15) is 6.92 Å². The molecule has 0 saturated carbocycles. The van der Waals surface area contributed by atoms with Gasteiger partial charge < -0.3 is 11.1 Å². The Morgan fingerprint density at radius 1 is 1.10 bits per heavy atom. The van der Waals surface area contributed by atoms with Crippen molar-refractivity contribution < 1.29 is 9.59 Å². The fourth-order valence-electron chi connectivity index (χ4n) is 1.68. The molecule has 102 valence electrons. The van der Waals surface area contributed by atoms with Crippen LogP contribution in [0.5, 0.6) is 0 Å². The topological polar surface area (TPSA) is 88.3 Å². The molecule has 0 saturated heterocycles. The number of hydrogen-bond donors (Lipinski definition) is 2. The highest BCUT2D eigenvalue weighted by Gasteiger charge is 2.20. The largest absolute Gasteiger partial charge is 0.399 e. The minimum absolute atomic E-state index is 0.388. The number of imide groups is 1. The first kappa shape index (κ1) is 13.5. The number of nitrogens with one attached hydrogen (secondary N) is 1. The summed E-state index contributed by atoms with van der Waals surface area (Å²) in [5.41, 5.74) is 7.17. The van der Waals surface area contributed by atoms with Crippen LogP contribution in [-0.4, -0.2) is 16.9 Å². The molecule has 6 nitrogen and oxygen atoms in total. The summed E-state index contributed by atoms with van der Waals surface area (Å²) in [6, 6.07) is 9.23. The summed E-state index contributed by atoms with van der Waals surface area (Å²) in [7, 11) is 0. The van der Waals surface area contributed by atoms with E-state index in [0.717, 1.165) is 4.90 Å². The van der Waals surface area contributed by atoms with Gasteiger partial charge in [-0.1, -0.05) is 0 Å². The van der Waals surface area contributed by atoms with E-state index in [1.54, 1.807) is 48.8 Å². The van der Waals surface area contributed by atoms with Gasteiger partial charge in [0, 0.05) is 30.7 Å². The molecule has 0 bridgehead atoms. The number of urea groups is 1. The average molecular weight is 270 g/mol. The normalized spacial score (nSPS) is 9.85. The van der Waals surface area contributed by atoms with Gasteiger partial charge in [0.2, 0.25) is 5.91 Å². The van der Waals surface area contributed by atoms with Crippen molar-refractivity contribution in [3.63, 3.8) is 0 Å². The molecule has 20 heavy (non-hydrogen) atoms.